The third-order valence-electron chi connectivity index (χ3n) is 5.23. The van der Waals surface area contributed by atoms with Crippen LogP contribution >= 0.6 is 0 Å². The number of amides is 1. The molecule has 0 saturated heterocycles. The molecular weight excluding hydrogens is 386 g/mol. The first kappa shape index (κ1) is 20.4. The maximum atomic E-state index is 13.1. The van der Waals surface area contributed by atoms with E-state index in [9.17, 15) is 4.79 Å². The molecule has 1 amide bonds. The number of carbonyl (C=O) groups is 1. The van der Waals surface area contributed by atoms with Crippen LogP contribution in [0, 0.1) is 0 Å². The summed E-state index contributed by atoms with van der Waals surface area (Å²) in [5.41, 5.74) is 4.47. The third-order valence-corrected chi connectivity index (χ3v) is 5.23. The van der Waals surface area contributed by atoms with E-state index in [0.717, 1.165) is 34.3 Å². The topological polar surface area (TPSA) is 63.2 Å². The molecule has 3 aromatic carbocycles. The molecule has 0 fully saturated rings. The number of pyridine rings is 1. The number of hydrogen-bond acceptors (Lipinski definition) is 4. The minimum Gasteiger partial charge on any atom is -0.496 e. The summed E-state index contributed by atoms with van der Waals surface area (Å²) in [5, 5.41) is 7.15. The fourth-order valence-corrected chi connectivity index (χ4v) is 3.52. The van der Waals surface area contributed by atoms with E-state index in [4.69, 9.17) is 9.72 Å². The number of benzene rings is 3. The maximum Gasteiger partial charge on any atom is 0.252 e. The van der Waals surface area contributed by atoms with Gasteiger partial charge in [-0.3, -0.25) is 4.79 Å². The highest BCUT2D eigenvalue weighted by molar-refractivity contribution is 6.07. The highest BCUT2D eigenvalue weighted by Gasteiger charge is 2.14. The lowest BCUT2D eigenvalue weighted by Crippen LogP contribution is -2.23. The first-order valence-electron chi connectivity index (χ1n) is 10.3. The van der Waals surface area contributed by atoms with E-state index in [1.165, 1.54) is 5.56 Å². The number of carbonyl (C=O) groups excluding carboxylic acids is 1. The number of aryl methyl sites for hydroxylation is 1. The van der Waals surface area contributed by atoms with Gasteiger partial charge >= 0.3 is 0 Å². The first-order valence-corrected chi connectivity index (χ1v) is 10.3. The lowest BCUT2D eigenvalue weighted by Gasteiger charge is -2.13. The largest absolute Gasteiger partial charge is 0.496 e. The van der Waals surface area contributed by atoms with Gasteiger partial charge in [-0.1, -0.05) is 55.5 Å². The molecule has 1 heterocycles. The standard InChI is InChI=1S/C26H25N3O2/c1-3-18-12-14-20(15-13-18)28-25-16-22(21-9-5-6-10-23(21)29-25)26(30)27-17-19-8-4-7-11-24(19)31-2/h4-16H,3,17H2,1-2H3,(H,27,30)(H,28,29). The lowest BCUT2D eigenvalue weighted by molar-refractivity contribution is 0.0952. The predicted octanol–water partition coefficient (Wildman–Crippen LogP) is 5.48. The SMILES string of the molecule is CCc1ccc(Nc2cc(C(=O)NCc3ccccc3OC)c3ccccc3n2)cc1. The highest BCUT2D eigenvalue weighted by Crippen LogP contribution is 2.24. The molecule has 2 N–H and O–H groups in total. The van der Waals surface area contributed by atoms with Crippen LogP contribution in [-0.2, 0) is 13.0 Å². The minimum absolute atomic E-state index is 0.158. The number of aromatic nitrogens is 1. The number of anilines is 2. The van der Waals surface area contributed by atoms with Crippen molar-refractivity contribution in [1.29, 1.82) is 0 Å². The number of fused-ring (bicyclic) bond motifs is 1. The quantitative estimate of drug-likeness (QED) is 0.423. The van der Waals surface area contributed by atoms with Gasteiger partial charge in [0.1, 0.15) is 11.6 Å². The fraction of sp³-hybridized carbons (Fsp3) is 0.154. The third kappa shape index (κ3) is 4.67. The van der Waals surface area contributed by atoms with Gasteiger partial charge in [0.15, 0.2) is 0 Å². The van der Waals surface area contributed by atoms with Gasteiger partial charge in [-0.25, -0.2) is 4.98 Å². The molecule has 31 heavy (non-hydrogen) atoms. The zero-order valence-electron chi connectivity index (χ0n) is 17.7. The number of rotatable bonds is 7. The molecule has 0 spiro atoms. The molecule has 5 nitrogen and oxygen atoms in total. The molecule has 0 aliphatic rings. The summed E-state index contributed by atoms with van der Waals surface area (Å²) in [6.45, 7) is 2.50. The van der Waals surface area contributed by atoms with Crippen LogP contribution in [0.15, 0.2) is 78.9 Å². The number of hydrogen-bond donors (Lipinski definition) is 2. The maximum absolute atomic E-state index is 13.1. The van der Waals surface area contributed by atoms with Crippen molar-refractivity contribution in [3.8, 4) is 5.75 Å². The predicted molar refractivity (Wildman–Crippen MR) is 125 cm³/mol. The van der Waals surface area contributed by atoms with Crippen LogP contribution < -0.4 is 15.4 Å². The summed E-state index contributed by atoms with van der Waals surface area (Å²) >= 11 is 0. The molecular formula is C26H25N3O2. The number of methoxy groups -OCH3 is 1. The Morgan fingerprint density at radius 3 is 2.48 bits per heavy atom. The van der Waals surface area contributed by atoms with Gasteiger partial charge in [-0.2, -0.15) is 0 Å². The van der Waals surface area contributed by atoms with E-state index in [1.807, 2.05) is 60.7 Å². The van der Waals surface area contributed by atoms with E-state index in [1.54, 1.807) is 13.2 Å². The van der Waals surface area contributed by atoms with Gasteiger partial charge in [0.25, 0.3) is 5.91 Å². The van der Waals surface area contributed by atoms with Gasteiger partial charge in [0, 0.05) is 23.2 Å². The Balaban J connectivity index is 1.61. The van der Waals surface area contributed by atoms with Crippen molar-refractivity contribution in [2.24, 2.45) is 0 Å². The molecule has 0 atom stereocenters. The van der Waals surface area contributed by atoms with Crippen molar-refractivity contribution >= 4 is 28.3 Å². The normalized spacial score (nSPS) is 10.6. The monoisotopic (exact) mass is 411 g/mol. The summed E-state index contributed by atoms with van der Waals surface area (Å²) in [4.78, 5) is 17.8. The average molecular weight is 412 g/mol. The Hall–Kier alpha value is -3.86. The molecule has 4 rings (SSSR count). The Morgan fingerprint density at radius 2 is 1.71 bits per heavy atom. The van der Waals surface area contributed by atoms with Gasteiger partial charge in [0.2, 0.25) is 0 Å². The number of ether oxygens (including phenoxy) is 1. The molecule has 156 valence electrons. The fourth-order valence-electron chi connectivity index (χ4n) is 3.52. The molecule has 5 heteroatoms. The molecule has 0 saturated carbocycles. The Labute approximate surface area is 182 Å². The van der Waals surface area contributed by atoms with E-state index in [2.05, 4.69) is 29.7 Å². The van der Waals surface area contributed by atoms with Crippen molar-refractivity contribution in [2.75, 3.05) is 12.4 Å². The number of nitrogens with zero attached hydrogens (tertiary/aromatic N) is 1. The van der Waals surface area contributed by atoms with Gasteiger partial charge in [-0.15, -0.1) is 0 Å². The number of nitrogens with one attached hydrogen (secondary N) is 2. The molecule has 1 aromatic heterocycles. The zero-order valence-corrected chi connectivity index (χ0v) is 17.7. The highest BCUT2D eigenvalue weighted by atomic mass is 16.5. The minimum atomic E-state index is -0.158. The summed E-state index contributed by atoms with van der Waals surface area (Å²) in [7, 11) is 1.63. The Kier molecular flexibility index (Phi) is 6.13. The van der Waals surface area contributed by atoms with Crippen LogP contribution in [-0.4, -0.2) is 18.0 Å². The van der Waals surface area contributed by atoms with Crippen LogP contribution in [0.3, 0.4) is 0 Å². The lowest BCUT2D eigenvalue weighted by atomic mass is 10.1. The van der Waals surface area contributed by atoms with Crippen LogP contribution in [0.25, 0.3) is 10.9 Å². The van der Waals surface area contributed by atoms with E-state index in [0.29, 0.717) is 17.9 Å². The van der Waals surface area contributed by atoms with Crippen LogP contribution in [0.4, 0.5) is 11.5 Å². The first-order chi connectivity index (χ1) is 15.2. The summed E-state index contributed by atoms with van der Waals surface area (Å²) in [5.74, 6) is 1.22. The second-order valence-electron chi connectivity index (χ2n) is 7.24. The molecule has 0 aliphatic heterocycles. The summed E-state index contributed by atoms with van der Waals surface area (Å²) in [6.07, 6.45) is 0.991. The second kappa shape index (κ2) is 9.30. The zero-order chi connectivity index (χ0) is 21.6. The van der Waals surface area contributed by atoms with Crippen molar-refractivity contribution in [3.05, 3.63) is 95.6 Å². The van der Waals surface area contributed by atoms with Crippen molar-refractivity contribution in [1.82, 2.24) is 10.3 Å². The molecule has 0 aliphatic carbocycles. The van der Waals surface area contributed by atoms with E-state index < -0.39 is 0 Å². The molecule has 0 bridgehead atoms. The molecule has 4 aromatic rings. The second-order valence-corrected chi connectivity index (χ2v) is 7.24. The van der Waals surface area contributed by atoms with Crippen molar-refractivity contribution < 1.29 is 9.53 Å². The van der Waals surface area contributed by atoms with Crippen LogP contribution in [0.5, 0.6) is 5.75 Å². The van der Waals surface area contributed by atoms with Crippen molar-refractivity contribution in [2.45, 2.75) is 19.9 Å². The molecule has 0 unspecified atom stereocenters. The summed E-state index contributed by atoms with van der Waals surface area (Å²) in [6, 6.07) is 25.4. The van der Waals surface area contributed by atoms with Crippen LogP contribution in [0.1, 0.15) is 28.4 Å². The average Bonchev–Trinajstić information content (AvgIpc) is 2.82. The summed E-state index contributed by atoms with van der Waals surface area (Å²) < 4.78 is 5.38. The van der Waals surface area contributed by atoms with Gasteiger partial charge < -0.3 is 15.4 Å². The Bertz CT molecular complexity index is 1200. The smallest absolute Gasteiger partial charge is 0.252 e. The van der Waals surface area contributed by atoms with E-state index >= 15 is 0 Å². The Morgan fingerprint density at radius 1 is 0.968 bits per heavy atom. The number of para-hydroxylation sites is 2. The van der Waals surface area contributed by atoms with E-state index in [-0.39, 0.29) is 5.91 Å². The van der Waals surface area contributed by atoms with Crippen LogP contribution in [0.2, 0.25) is 0 Å². The van der Waals surface area contributed by atoms with Gasteiger partial charge in [-0.05, 0) is 42.3 Å². The van der Waals surface area contributed by atoms with Crippen molar-refractivity contribution in [3.63, 3.8) is 0 Å². The van der Waals surface area contributed by atoms with Gasteiger partial charge in [0.05, 0.1) is 18.2 Å². The molecule has 0 radical (unpaired) electrons.